The van der Waals surface area contributed by atoms with Crippen LogP contribution in [0.25, 0.3) is 22.2 Å². The van der Waals surface area contributed by atoms with Crippen molar-refractivity contribution >= 4 is 19.1 Å². The zero-order valence-electron chi connectivity index (χ0n) is 17.4. The number of rotatable bonds is 8. The number of nitrogens with one attached hydrogen (secondary N) is 1. The Balaban J connectivity index is 1.57. The van der Waals surface area contributed by atoms with Gasteiger partial charge in [-0.1, -0.05) is 50.0 Å². The van der Waals surface area contributed by atoms with Crippen LogP contribution in [0.4, 0.5) is 0 Å². The summed E-state index contributed by atoms with van der Waals surface area (Å²) in [4.78, 5) is 4.61. The Morgan fingerprint density at radius 2 is 1.86 bits per heavy atom. The van der Waals surface area contributed by atoms with E-state index in [0.717, 1.165) is 40.9 Å². The number of hydrogen-bond donors (Lipinski definition) is 1. The van der Waals surface area contributed by atoms with Crippen LogP contribution in [0.1, 0.15) is 11.3 Å². The Kier molecular flexibility index (Phi) is 5.64. The second-order valence-electron chi connectivity index (χ2n) is 8.64. The lowest BCUT2D eigenvalue weighted by atomic mass is 10.0. The van der Waals surface area contributed by atoms with Crippen LogP contribution in [0.3, 0.4) is 0 Å². The zero-order chi connectivity index (χ0) is 20.3. The van der Waals surface area contributed by atoms with Crippen LogP contribution >= 0.6 is 0 Å². The fourth-order valence-electron chi connectivity index (χ4n) is 3.45. The first kappa shape index (κ1) is 19.6. The van der Waals surface area contributed by atoms with E-state index in [2.05, 4.69) is 82.0 Å². The monoisotopic (exact) mass is 404 g/mol. The van der Waals surface area contributed by atoms with Gasteiger partial charge < -0.3 is 9.30 Å². The van der Waals surface area contributed by atoms with E-state index in [1.54, 1.807) is 0 Å². The zero-order valence-corrected chi connectivity index (χ0v) is 18.4. The van der Waals surface area contributed by atoms with Crippen LogP contribution in [0, 0.1) is 0 Å². The van der Waals surface area contributed by atoms with Crippen molar-refractivity contribution in [2.75, 3.05) is 6.61 Å². The highest BCUT2D eigenvalue weighted by molar-refractivity contribution is 6.76. The molecule has 0 fully saturated rings. The lowest BCUT2D eigenvalue weighted by Gasteiger charge is -2.15. The van der Waals surface area contributed by atoms with Crippen molar-refractivity contribution in [1.82, 2.24) is 19.7 Å². The van der Waals surface area contributed by atoms with E-state index in [1.807, 2.05) is 18.5 Å². The van der Waals surface area contributed by atoms with Gasteiger partial charge in [0.1, 0.15) is 12.4 Å². The van der Waals surface area contributed by atoms with Gasteiger partial charge in [0.15, 0.2) is 0 Å². The molecule has 0 atom stereocenters. The van der Waals surface area contributed by atoms with E-state index in [1.165, 1.54) is 11.6 Å². The number of hydrogen-bond acceptors (Lipinski definition) is 3. The molecule has 1 N–H and O–H groups in total. The minimum Gasteiger partial charge on any atom is -0.361 e. The summed E-state index contributed by atoms with van der Waals surface area (Å²) in [6, 6.07) is 15.8. The average Bonchev–Trinajstić information content (AvgIpc) is 3.32. The maximum Gasteiger partial charge on any atom is 0.142 e. The molecule has 3 aromatic heterocycles. The van der Waals surface area contributed by atoms with Crippen molar-refractivity contribution in [3.8, 4) is 11.1 Å². The predicted octanol–water partition coefficient (Wildman–Crippen LogP) is 5.33. The summed E-state index contributed by atoms with van der Waals surface area (Å²) in [5.74, 6) is 0. The second-order valence-corrected chi connectivity index (χ2v) is 14.3. The summed E-state index contributed by atoms with van der Waals surface area (Å²) in [6.45, 7) is 8.44. The summed E-state index contributed by atoms with van der Waals surface area (Å²) in [5, 5.41) is 8.68. The molecule has 5 nitrogen and oxygen atoms in total. The fourth-order valence-corrected chi connectivity index (χ4v) is 4.20. The number of pyridine rings is 1. The summed E-state index contributed by atoms with van der Waals surface area (Å²) < 4.78 is 8.02. The van der Waals surface area contributed by atoms with Crippen molar-refractivity contribution in [1.29, 1.82) is 0 Å². The average molecular weight is 405 g/mol. The molecule has 0 saturated carbocycles. The van der Waals surface area contributed by atoms with E-state index in [4.69, 9.17) is 4.74 Å². The van der Waals surface area contributed by atoms with Gasteiger partial charge in [0.2, 0.25) is 0 Å². The van der Waals surface area contributed by atoms with Gasteiger partial charge in [-0.25, -0.2) is 4.98 Å². The maximum absolute atomic E-state index is 5.93. The number of nitrogens with zero attached hydrogens (tertiary/aromatic N) is 3. The molecule has 0 aliphatic rings. The third-order valence-electron chi connectivity index (χ3n) is 5.11. The summed E-state index contributed by atoms with van der Waals surface area (Å²) in [7, 11) is -1.08. The Morgan fingerprint density at radius 3 is 2.66 bits per heavy atom. The van der Waals surface area contributed by atoms with Crippen molar-refractivity contribution < 1.29 is 4.74 Å². The number of aromatic nitrogens is 4. The van der Waals surface area contributed by atoms with E-state index in [-0.39, 0.29) is 0 Å². The third kappa shape index (κ3) is 4.66. The number of fused-ring (bicyclic) bond motifs is 1. The van der Waals surface area contributed by atoms with Gasteiger partial charge in [0.25, 0.3) is 0 Å². The van der Waals surface area contributed by atoms with E-state index < -0.39 is 8.07 Å². The third-order valence-corrected chi connectivity index (χ3v) is 6.82. The van der Waals surface area contributed by atoms with E-state index in [0.29, 0.717) is 6.73 Å². The Bertz CT molecular complexity index is 1080. The van der Waals surface area contributed by atoms with Gasteiger partial charge in [-0.15, -0.1) is 0 Å². The molecule has 3 heterocycles. The lowest BCUT2D eigenvalue weighted by Crippen LogP contribution is -2.22. The quantitative estimate of drug-likeness (QED) is 0.319. The SMILES string of the molecule is C[Si](C)(C)CCOCn1ccc2c(-c3c[nH]nc3Cc3ccccc3)ccnc21. The second kappa shape index (κ2) is 8.35. The largest absolute Gasteiger partial charge is 0.361 e. The van der Waals surface area contributed by atoms with Crippen LogP contribution in [0.15, 0.2) is 61.1 Å². The molecular weight excluding hydrogens is 376 g/mol. The Hall–Kier alpha value is -2.70. The predicted molar refractivity (Wildman–Crippen MR) is 121 cm³/mol. The maximum atomic E-state index is 5.93. The minimum atomic E-state index is -1.08. The van der Waals surface area contributed by atoms with Crippen molar-refractivity contribution in [3.05, 3.63) is 72.3 Å². The smallest absolute Gasteiger partial charge is 0.142 e. The number of aromatic amines is 1. The van der Waals surface area contributed by atoms with E-state index >= 15 is 0 Å². The van der Waals surface area contributed by atoms with Gasteiger partial charge in [-0.3, -0.25) is 5.10 Å². The number of H-pyrrole nitrogens is 1. The highest BCUT2D eigenvalue weighted by atomic mass is 28.3. The molecule has 6 heteroatoms. The molecule has 0 saturated heterocycles. The molecule has 0 aliphatic heterocycles. The molecule has 0 unspecified atom stereocenters. The topological polar surface area (TPSA) is 55.7 Å². The van der Waals surface area contributed by atoms with Gasteiger partial charge in [0.05, 0.1) is 5.69 Å². The lowest BCUT2D eigenvalue weighted by molar-refractivity contribution is 0.0899. The molecule has 0 spiro atoms. The van der Waals surface area contributed by atoms with Crippen LogP contribution in [0.5, 0.6) is 0 Å². The highest BCUT2D eigenvalue weighted by Gasteiger charge is 2.15. The molecule has 0 aliphatic carbocycles. The molecule has 29 heavy (non-hydrogen) atoms. The standard InChI is InChI=1S/C23H28N4OSi/c1-29(2,3)14-13-28-17-27-12-10-20-19(9-11-24-23(20)27)21-16-25-26-22(21)15-18-7-5-4-6-8-18/h4-12,16H,13-15,17H2,1-3H3,(H,25,26). The Labute approximate surface area is 172 Å². The van der Waals surface area contributed by atoms with Crippen LogP contribution in [-0.4, -0.2) is 34.4 Å². The van der Waals surface area contributed by atoms with E-state index in [9.17, 15) is 0 Å². The van der Waals surface area contributed by atoms with Crippen molar-refractivity contribution in [3.63, 3.8) is 0 Å². The van der Waals surface area contributed by atoms with Crippen LogP contribution < -0.4 is 0 Å². The van der Waals surface area contributed by atoms with Gasteiger partial charge in [-0.05, 0) is 29.3 Å². The first-order valence-electron chi connectivity index (χ1n) is 10.1. The summed E-state index contributed by atoms with van der Waals surface area (Å²) >= 11 is 0. The molecule has 1 aromatic carbocycles. The first-order chi connectivity index (χ1) is 14.0. The highest BCUT2D eigenvalue weighted by Crippen LogP contribution is 2.30. The van der Waals surface area contributed by atoms with Crippen LogP contribution in [0.2, 0.25) is 25.7 Å². The molecule has 4 rings (SSSR count). The molecular formula is C23H28N4OSi. The summed E-state index contributed by atoms with van der Waals surface area (Å²) in [6.07, 6.45) is 6.71. The van der Waals surface area contributed by atoms with Gasteiger partial charge in [-0.2, -0.15) is 5.10 Å². The number of benzene rings is 1. The van der Waals surface area contributed by atoms with Gasteiger partial charge in [0, 0.05) is 50.6 Å². The molecule has 0 radical (unpaired) electrons. The molecule has 0 bridgehead atoms. The molecule has 0 amide bonds. The fraction of sp³-hybridized carbons (Fsp3) is 0.304. The molecule has 4 aromatic rings. The first-order valence-corrected chi connectivity index (χ1v) is 13.8. The van der Waals surface area contributed by atoms with Gasteiger partial charge >= 0.3 is 0 Å². The van der Waals surface area contributed by atoms with Crippen LogP contribution in [-0.2, 0) is 17.9 Å². The Morgan fingerprint density at radius 1 is 1.03 bits per heavy atom. The van der Waals surface area contributed by atoms with Crippen molar-refractivity contribution in [2.45, 2.75) is 38.8 Å². The minimum absolute atomic E-state index is 0.534. The molecule has 150 valence electrons. The normalized spacial score (nSPS) is 12.0. The summed E-state index contributed by atoms with van der Waals surface area (Å²) in [5.41, 5.74) is 5.51. The van der Waals surface area contributed by atoms with Crippen molar-refractivity contribution in [2.24, 2.45) is 0 Å². The number of ether oxygens (including phenoxy) is 1.